The summed E-state index contributed by atoms with van der Waals surface area (Å²) in [6, 6.07) is 17.4. The van der Waals surface area contributed by atoms with Gasteiger partial charge in [0.1, 0.15) is 0 Å². The monoisotopic (exact) mass is 247 g/mol. The van der Waals surface area contributed by atoms with Gasteiger partial charge >= 0.3 is 0 Å². The van der Waals surface area contributed by atoms with Crippen molar-refractivity contribution < 1.29 is 0 Å². The normalized spacial score (nSPS) is 10.8. The Morgan fingerprint density at radius 2 is 1.53 bits per heavy atom. The van der Waals surface area contributed by atoms with Crippen molar-refractivity contribution in [2.24, 2.45) is 0 Å². The minimum absolute atomic E-state index is 1.07. The zero-order valence-electron chi connectivity index (χ0n) is 11.1. The zero-order valence-corrected chi connectivity index (χ0v) is 11.1. The second kappa shape index (κ2) is 5.23. The molecule has 0 radical (unpaired) electrons. The molecule has 0 aliphatic rings. The van der Waals surface area contributed by atoms with Crippen LogP contribution in [0.4, 0.5) is 0 Å². The van der Waals surface area contributed by atoms with Gasteiger partial charge in [-0.3, -0.25) is 4.98 Å². The van der Waals surface area contributed by atoms with Gasteiger partial charge in [0, 0.05) is 12.4 Å². The van der Waals surface area contributed by atoms with Crippen LogP contribution in [0.2, 0.25) is 0 Å². The van der Waals surface area contributed by atoms with Gasteiger partial charge < -0.3 is 0 Å². The highest BCUT2D eigenvalue weighted by atomic mass is 14.6. The van der Waals surface area contributed by atoms with Crippen LogP contribution in [0.3, 0.4) is 0 Å². The number of aryl methyl sites for hydroxylation is 3. The lowest BCUT2D eigenvalue weighted by atomic mass is 9.97. The van der Waals surface area contributed by atoms with E-state index in [1.54, 1.807) is 0 Å². The quantitative estimate of drug-likeness (QED) is 0.671. The smallest absolute Gasteiger partial charge is 0.0270 e. The van der Waals surface area contributed by atoms with Crippen LogP contribution < -0.4 is 0 Å². The summed E-state index contributed by atoms with van der Waals surface area (Å²) in [5.74, 6) is 0. The van der Waals surface area contributed by atoms with Crippen molar-refractivity contribution in [3.8, 4) is 0 Å². The highest BCUT2D eigenvalue weighted by Crippen LogP contribution is 2.20. The molecule has 0 fully saturated rings. The summed E-state index contributed by atoms with van der Waals surface area (Å²) in [6.45, 7) is 2.20. The maximum absolute atomic E-state index is 4.06. The second-order valence-electron chi connectivity index (χ2n) is 4.98. The van der Waals surface area contributed by atoms with Crippen molar-refractivity contribution in [3.05, 3.63) is 77.6 Å². The van der Waals surface area contributed by atoms with E-state index < -0.39 is 0 Å². The van der Waals surface area contributed by atoms with E-state index in [0.717, 1.165) is 12.8 Å². The fourth-order valence-electron chi connectivity index (χ4n) is 2.50. The Hall–Kier alpha value is -2.15. The molecule has 1 heteroatoms. The van der Waals surface area contributed by atoms with E-state index >= 15 is 0 Å². The van der Waals surface area contributed by atoms with Gasteiger partial charge in [0.2, 0.25) is 0 Å². The highest BCUT2D eigenvalue weighted by Gasteiger charge is 2.02. The molecule has 0 saturated heterocycles. The van der Waals surface area contributed by atoms with Crippen LogP contribution in [0.5, 0.6) is 0 Å². The molecule has 0 aliphatic carbocycles. The van der Waals surface area contributed by atoms with Crippen LogP contribution in [0.15, 0.2) is 60.9 Å². The third-order valence-electron chi connectivity index (χ3n) is 3.64. The molecule has 19 heavy (non-hydrogen) atoms. The number of benzene rings is 2. The van der Waals surface area contributed by atoms with Crippen molar-refractivity contribution in [1.29, 1.82) is 0 Å². The predicted molar refractivity (Wildman–Crippen MR) is 80.3 cm³/mol. The molecule has 0 saturated carbocycles. The molecule has 94 valence electrons. The van der Waals surface area contributed by atoms with E-state index in [1.807, 2.05) is 12.4 Å². The summed E-state index contributed by atoms with van der Waals surface area (Å²) in [6.07, 6.45) is 5.88. The molecule has 0 spiro atoms. The van der Waals surface area contributed by atoms with Gasteiger partial charge in [0.15, 0.2) is 0 Å². The average Bonchev–Trinajstić information content (AvgIpc) is 2.46. The maximum Gasteiger partial charge on any atom is 0.0270 e. The highest BCUT2D eigenvalue weighted by molar-refractivity contribution is 5.84. The number of fused-ring (bicyclic) bond motifs is 1. The molecule has 0 bridgehead atoms. The molecule has 1 aromatic heterocycles. The van der Waals surface area contributed by atoms with Crippen molar-refractivity contribution in [3.63, 3.8) is 0 Å². The van der Waals surface area contributed by atoms with Crippen LogP contribution in [-0.4, -0.2) is 4.98 Å². The topological polar surface area (TPSA) is 12.9 Å². The molecule has 0 unspecified atom stereocenters. The summed E-state index contributed by atoms with van der Waals surface area (Å²) in [5.41, 5.74) is 4.17. The van der Waals surface area contributed by atoms with Crippen LogP contribution >= 0.6 is 0 Å². The van der Waals surface area contributed by atoms with E-state index in [-0.39, 0.29) is 0 Å². The summed E-state index contributed by atoms with van der Waals surface area (Å²) in [7, 11) is 0. The van der Waals surface area contributed by atoms with Crippen LogP contribution in [0.1, 0.15) is 16.7 Å². The Morgan fingerprint density at radius 3 is 2.26 bits per heavy atom. The predicted octanol–water partition coefficient (Wildman–Crippen LogP) is 4.33. The molecule has 0 aliphatic heterocycles. The van der Waals surface area contributed by atoms with Crippen molar-refractivity contribution in [2.45, 2.75) is 19.8 Å². The van der Waals surface area contributed by atoms with Crippen molar-refractivity contribution in [1.82, 2.24) is 4.98 Å². The Labute approximate surface area is 113 Å². The lowest BCUT2D eigenvalue weighted by molar-refractivity contribution is 0.947. The minimum Gasteiger partial charge on any atom is -0.265 e. The first-order valence-electron chi connectivity index (χ1n) is 6.70. The number of pyridine rings is 1. The molecule has 1 nitrogen and oxygen atoms in total. The van der Waals surface area contributed by atoms with E-state index in [0.29, 0.717) is 0 Å². The van der Waals surface area contributed by atoms with Gasteiger partial charge in [-0.2, -0.15) is 0 Å². The second-order valence-corrected chi connectivity index (χ2v) is 4.98. The number of rotatable bonds is 3. The van der Waals surface area contributed by atoms with Crippen LogP contribution in [-0.2, 0) is 12.8 Å². The van der Waals surface area contributed by atoms with Crippen LogP contribution in [0, 0.1) is 6.92 Å². The lowest BCUT2D eigenvalue weighted by Gasteiger charge is -2.08. The van der Waals surface area contributed by atoms with E-state index in [9.17, 15) is 0 Å². The molecular formula is C18H17N. The minimum atomic E-state index is 1.07. The molecule has 0 atom stereocenters. The third kappa shape index (κ3) is 2.65. The molecule has 3 rings (SSSR count). The largest absolute Gasteiger partial charge is 0.265 e. The fraction of sp³-hybridized carbons (Fsp3) is 0.167. The van der Waals surface area contributed by atoms with Crippen molar-refractivity contribution >= 4 is 10.8 Å². The maximum atomic E-state index is 4.06. The van der Waals surface area contributed by atoms with Gasteiger partial charge in [-0.05, 0) is 59.4 Å². The first-order chi connectivity index (χ1) is 9.33. The average molecular weight is 247 g/mol. The molecule has 1 heterocycles. The van der Waals surface area contributed by atoms with Gasteiger partial charge in [0.25, 0.3) is 0 Å². The van der Waals surface area contributed by atoms with E-state index in [2.05, 4.69) is 60.4 Å². The van der Waals surface area contributed by atoms with Crippen LogP contribution in [0.25, 0.3) is 10.8 Å². The van der Waals surface area contributed by atoms with E-state index in [4.69, 9.17) is 0 Å². The van der Waals surface area contributed by atoms with Gasteiger partial charge in [-0.1, -0.05) is 36.4 Å². The first-order valence-corrected chi connectivity index (χ1v) is 6.70. The fourth-order valence-corrected chi connectivity index (χ4v) is 2.50. The van der Waals surface area contributed by atoms with E-state index in [1.165, 1.54) is 27.5 Å². The Bertz CT molecular complexity index is 686. The van der Waals surface area contributed by atoms with Gasteiger partial charge in [-0.25, -0.2) is 0 Å². The Balaban J connectivity index is 1.86. The summed E-state index contributed by atoms with van der Waals surface area (Å²) in [4.78, 5) is 4.06. The van der Waals surface area contributed by atoms with Gasteiger partial charge in [-0.15, -0.1) is 0 Å². The Morgan fingerprint density at radius 1 is 0.842 bits per heavy atom. The lowest BCUT2D eigenvalue weighted by Crippen LogP contribution is -1.94. The molecule has 0 amide bonds. The third-order valence-corrected chi connectivity index (χ3v) is 3.64. The molecule has 3 aromatic rings. The number of hydrogen-bond donors (Lipinski definition) is 0. The molecule has 0 N–H and O–H groups in total. The number of nitrogens with zero attached hydrogens (tertiary/aromatic N) is 1. The standard InChI is InChI=1S/C18H17N/c1-14-12-17-4-2-3-5-18(17)13-16(14)7-6-15-8-10-19-11-9-15/h2-5,8-13H,6-7H2,1H3. The number of aromatic nitrogens is 1. The molecule has 2 aromatic carbocycles. The SMILES string of the molecule is Cc1cc2ccccc2cc1CCc1ccncc1. The summed E-state index contributed by atoms with van der Waals surface area (Å²) in [5, 5.41) is 2.66. The molecular weight excluding hydrogens is 230 g/mol. The number of hydrogen-bond acceptors (Lipinski definition) is 1. The van der Waals surface area contributed by atoms with Gasteiger partial charge in [0.05, 0.1) is 0 Å². The first kappa shape index (κ1) is 11.9. The Kier molecular flexibility index (Phi) is 3.28. The summed E-state index contributed by atoms with van der Waals surface area (Å²) >= 11 is 0. The van der Waals surface area contributed by atoms with Crippen molar-refractivity contribution in [2.75, 3.05) is 0 Å². The summed E-state index contributed by atoms with van der Waals surface area (Å²) < 4.78 is 0. The zero-order chi connectivity index (χ0) is 13.1.